The van der Waals surface area contributed by atoms with Crippen molar-refractivity contribution in [3.8, 4) is 0 Å². The van der Waals surface area contributed by atoms with Gasteiger partial charge in [-0.25, -0.2) is 0 Å². The van der Waals surface area contributed by atoms with Crippen LogP contribution in [0.2, 0.25) is 0 Å². The average Bonchev–Trinajstić information content (AvgIpc) is 2.44. The molecule has 104 valence electrons. The summed E-state index contributed by atoms with van der Waals surface area (Å²) in [6.07, 6.45) is 1.64. The fourth-order valence-corrected chi connectivity index (χ4v) is 1.49. The van der Waals surface area contributed by atoms with Crippen LogP contribution in [0, 0.1) is 0 Å². The fourth-order valence-electron chi connectivity index (χ4n) is 1.49. The van der Waals surface area contributed by atoms with E-state index in [1.54, 1.807) is 0 Å². The van der Waals surface area contributed by atoms with E-state index in [2.05, 4.69) is 0 Å². The second kappa shape index (κ2) is 9.14. The molecule has 0 saturated heterocycles. The van der Waals surface area contributed by atoms with Gasteiger partial charge < -0.3 is 9.47 Å². The number of benzene rings is 1. The molecule has 0 aliphatic heterocycles. The highest BCUT2D eigenvalue weighted by Gasteiger charge is 2.08. The van der Waals surface area contributed by atoms with Crippen LogP contribution in [0.3, 0.4) is 0 Å². The maximum atomic E-state index is 11.4. The molecule has 1 rings (SSSR count). The van der Waals surface area contributed by atoms with Crippen molar-refractivity contribution >= 4 is 11.9 Å². The molecule has 0 aliphatic carbocycles. The van der Waals surface area contributed by atoms with Crippen molar-refractivity contribution in [2.75, 3.05) is 13.2 Å². The maximum Gasteiger partial charge on any atom is 0.306 e. The quantitative estimate of drug-likeness (QED) is 0.677. The zero-order chi connectivity index (χ0) is 13.9. The molecule has 0 spiro atoms. The first-order chi connectivity index (χ1) is 9.22. The van der Waals surface area contributed by atoms with Crippen LogP contribution >= 0.6 is 0 Å². The number of ether oxygens (including phenoxy) is 2. The van der Waals surface area contributed by atoms with E-state index in [1.807, 2.05) is 37.3 Å². The smallest absolute Gasteiger partial charge is 0.306 e. The SMILES string of the molecule is CCCOC(=O)CCC(=O)OCCc1ccccc1. The van der Waals surface area contributed by atoms with E-state index in [-0.39, 0.29) is 24.8 Å². The van der Waals surface area contributed by atoms with E-state index in [9.17, 15) is 9.59 Å². The molecular formula is C15H20O4. The second-order valence-corrected chi connectivity index (χ2v) is 4.18. The van der Waals surface area contributed by atoms with Gasteiger partial charge in [0.25, 0.3) is 0 Å². The lowest BCUT2D eigenvalue weighted by Gasteiger charge is -2.05. The third-order valence-corrected chi connectivity index (χ3v) is 2.50. The second-order valence-electron chi connectivity index (χ2n) is 4.18. The predicted octanol–water partition coefficient (Wildman–Crippen LogP) is 2.51. The molecular weight excluding hydrogens is 244 g/mol. The maximum absolute atomic E-state index is 11.4. The highest BCUT2D eigenvalue weighted by atomic mass is 16.5. The van der Waals surface area contributed by atoms with E-state index in [0.717, 1.165) is 12.0 Å². The first kappa shape index (κ1) is 15.2. The Morgan fingerprint density at radius 3 is 2.11 bits per heavy atom. The number of rotatable bonds is 8. The summed E-state index contributed by atoms with van der Waals surface area (Å²) in [7, 11) is 0. The van der Waals surface area contributed by atoms with Crippen LogP contribution in [0.4, 0.5) is 0 Å². The molecule has 19 heavy (non-hydrogen) atoms. The third-order valence-electron chi connectivity index (χ3n) is 2.50. The minimum Gasteiger partial charge on any atom is -0.466 e. The largest absolute Gasteiger partial charge is 0.466 e. The summed E-state index contributed by atoms with van der Waals surface area (Å²) in [5.41, 5.74) is 1.12. The summed E-state index contributed by atoms with van der Waals surface area (Å²) in [4.78, 5) is 22.6. The van der Waals surface area contributed by atoms with Crippen LogP contribution in [0.15, 0.2) is 30.3 Å². The van der Waals surface area contributed by atoms with Crippen molar-refractivity contribution in [1.29, 1.82) is 0 Å². The average molecular weight is 264 g/mol. The molecule has 4 nitrogen and oxygen atoms in total. The summed E-state index contributed by atoms with van der Waals surface area (Å²) < 4.78 is 9.92. The van der Waals surface area contributed by atoms with Gasteiger partial charge in [-0.3, -0.25) is 9.59 Å². The molecule has 1 aromatic rings. The van der Waals surface area contributed by atoms with Crippen molar-refractivity contribution in [3.63, 3.8) is 0 Å². The number of esters is 2. The van der Waals surface area contributed by atoms with Crippen LogP contribution in [-0.4, -0.2) is 25.2 Å². The molecule has 4 heteroatoms. The molecule has 0 heterocycles. The van der Waals surface area contributed by atoms with Gasteiger partial charge in [-0.1, -0.05) is 37.3 Å². The van der Waals surface area contributed by atoms with Gasteiger partial charge in [-0.05, 0) is 12.0 Å². The van der Waals surface area contributed by atoms with Crippen molar-refractivity contribution in [3.05, 3.63) is 35.9 Å². The molecule has 1 aromatic carbocycles. The Balaban J connectivity index is 2.10. The van der Waals surface area contributed by atoms with Gasteiger partial charge in [-0.2, -0.15) is 0 Å². The van der Waals surface area contributed by atoms with Crippen LogP contribution in [0.1, 0.15) is 31.7 Å². The Hall–Kier alpha value is -1.84. The van der Waals surface area contributed by atoms with Gasteiger partial charge in [0.05, 0.1) is 26.1 Å². The monoisotopic (exact) mass is 264 g/mol. The van der Waals surface area contributed by atoms with Gasteiger partial charge in [0.1, 0.15) is 0 Å². The van der Waals surface area contributed by atoms with Crippen molar-refractivity contribution in [2.24, 2.45) is 0 Å². The molecule has 0 unspecified atom stereocenters. The van der Waals surface area contributed by atoms with E-state index < -0.39 is 0 Å². The van der Waals surface area contributed by atoms with Gasteiger partial charge in [0.15, 0.2) is 0 Å². The summed E-state index contributed by atoms with van der Waals surface area (Å²) in [5.74, 6) is -0.703. The summed E-state index contributed by atoms with van der Waals surface area (Å²) >= 11 is 0. The number of hydrogen-bond acceptors (Lipinski definition) is 4. The number of hydrogen-bond donors (Lipinski definition) is 0. The number of carbonyl (C=O) groups excluding carboxylic acids is 2. The lowest BCUT2D eigenvalue weighted by atomic mass is 10.2. The highest BCUT2D eigenvalue weighted by Crippen LogP contribution is 2.01. The van der Waals surface area contributed by atoms with Crippen molar-refractivity contribution in [2.45, 2.75) is 32.6 Å². The van der Waals surface area contributed by atoms with Gasteiger partial charge >= 0.3 is 11.9 Å². The van der Waals surface area contributed by atoms with Crippen molar-refractivity contribution < 1.29 is 19.1 Å². The molecule has 0 amide bonds. The minimum absolute atomic E-state index is 0.0807. The Morgan fingerprint density at radius 2 is 1.53 bits per heavy atom. The molecule has 0 fully saturated rings. The standard InChI is InChI=1S/C15H20O4/c1-2-11-18-14(16)8-9-15(17)19-12-10-13-6-4-3-5-7-13/h3-7H,2,8-12H2,1H3. The predicted molar refractivity (Wildman–Crippen MR) is 71.6 cm³/mol. The lowest BCUT2D eigenvalue weighted by Crippen LogP contribution is -2.12. The molecule has 0 aromatic heterocycles. The molecule has 0 radical (unpaired) electrons. The summed E-state index contributed by atoms with van der Waals surface area (Å²) in [5, 5.41) is 0. The van der Waals surface area contributed by atoms with Gasteiger partial charge in [0, 0.05) is 6.42 Å². The Bertz CT molecular complexity index is 386. The Morgan fingerprint density at radius 1 is 0.947 bits per heavy atom. The van der Waals surface area contributed by atoms with E-state index in [1.165, 1.54) is 0 Å². The Kier molecular flexibility index (Phi) is 7.32. The van der Waals surface area contributed by atoms with Crippen molar-refractivity contribution in [1.82, 2.24) is 0 Å². The van der Waals surface area contributed by atoms with Crippen LogP contribution in [0.5, 0.6) is 0 Å². The zero-order valence-electron chi connectivity index (χ0n) is 11.3. The fraction of sp³-hybridized carbons (Fsp3) is 0.467. The Labute approximate surface area is 113 Å². The van der Waals surface area contributed by atoms with Gasteiger partial charge in [-0.15, -0.1) is 0 Å². The van der Waals surface area contributed by atoms with Crippen LogP contribution in [-0.2, 0) is 25.5 Å². The first-order valence-corrected chi connectivity index (χ1v) is 6.57. The van der Waals surface area contributed by atoms with E-state index >= 15 is 0 Å². The molecule has 0 N–H and O–H groups in total. The zero-order valence-corrected chi connectivity index (χ0v) is 11.3. The van der Waals surface area contributed by atoms with Gasteiger partial charge in [0.2, 0.25) is 0 Å². The number of carbonyl (C=O) groups is 2. The van der Waals surface area contributed by atoms with Crippen LogP contribution in [0.25, 0.3) is 0 Å². The first-order valence-electron chi connectivity index (χ1n) is 6.57. The molecule has 0 aliphatic rings. The molecule has 0 atom stereocenters. The topological polar surface area (TPSA) is 52.6 Å². The summed E-state index contributed by atoms with van der Waals surface area (Å²) in [6, 6.07) is 9.80. The van der Waals surface area contributed by atoms with Crippen LogP contribution < -0.4 is 0 Å². The molecule has 0 bridgehead atoms. The normalized spacial score (nSPS) is 9.95. The summed E-state index contributed by atoms with van der Waals surface area (Å²) in [6.45, 7) is 2.67. The molecule has 0 saturated carbocycles. The third kappa shape index (κ3) is 7.24. The lowest BCUT2D eigenvalue weighted by molar-refractivity contribution is -0.150. The van der Waals surface area contributed by atoms with E-state index in [0.29, 0.717) is 19.6 Å². The minimum atomic E-state index is -0.357. The highest BCUT2D eigenvalue weighted by molar-refractivity contribution is 5.77. The van der Waals surface area contributed by atoms with E-state index in [4.69, 9.17) is 9.47 Å².